The summed E-state index contributed by atoms with van der Waals surface area (Å²) >= 11 is 1.45. The van der Waals surface area contributed by atoms with Gasteiger partial charge >= 0.3 is 0 Å². The molecule has 1 amide bonds. The Morgan fingerprint density at radius 2 is 1.97 bits per heavy atom. The zero-order valence-corrected chi connectivity index (χ0v) is 19.9. The van der Waals surface area contributed by atoms with Gasteiger partial charge in [-0.15, -0.1) is 10.2 Å². The number of amides is 1. The van der Waals surface area contributed by atoms with Crippen molar-refractivity contribution in [3.63, 3.8) is 0 Å². The SMILES string of the molecule is Cc1ccc(-n2c(SC(C)C(=O)NCCC3=CCCCC3)nnc2N2CCOCC2)cc1. The van der Waals surface area contributed by atoms with E-state index in [9.17, 15) is 4.79 Å². The summed E-state index contributed by atoms with van der Waals surface area (Å²) in [5, 5.41) is 12.5. The average Bonchev–Trinajstić information content (AvgIpc) is 3.24. The molecule has 0 spiro atoms. The molecule has 1 aromatic heterocycles. The quantitative estimate of drug-likeness (QED) is 0.481. The van der Waals surface area contributed by atoms with Crippen molar-refractivity contribution in [3.8, 4) is 5.69 Å². The molecule has 0 radical (unpaired) electrons. The third-order valence-corrected chi connectivity index (χ3v) is 7.03. The van der Waals surface area contributed by atoms with Crippen LogP contribution in [0.2, 0.25) is 0 Å². The highest BCUT2D eigenvalue weighted by atomic mass is 32.2. The van der Waals surface area contributed by atoms with Crippen molar-refractivity contribution in [1.29, 1.82) is 0 Å². The highest BCUT2D eigenvalue weighted by molar-refractivity contribution is 8.00. The first-order valence-corrected chi connectivity index (χ1v) is 12.5. The molecule has 1 aliphatic heterocycles. The van der Waals surface area contributed by atoms with Crippen LogP contribution in [0, 0.1) is 6.92 Å². The maximum Gasteiger partial charge on any atom is 0.233 e. The molecule has 1 fully saturated rings. The minimum Gasteiger partial charge on any atom is -0.378 e. The number of hydrogen-bond donors (Lipinski definition) is 1. The fourth-order valence-electron chi connectivity index (χ4n) is 4.06. The highest BCUT2D eigenvalue weighted by Crippen LogP contribution is 2.30. The lowest BCUT2D eigenvalue weighted by Crippen LogP contribution is -2.38. The molecule has 1 aromatic carbocycles. The van der Waals surface area contributed by atoms with Crippen LogP contribution in [0.25, 0.3) is 5.69 Å². The molecule has 1 atom stereocenters. The summed E-state index contributed by atoms with van der Waals surface area (Å²) in [6.07, 6.45) is 8.19. The standard InChI is InChI=1S/C24H33N5O2S/c1-18-8-10-21(11-9-18)29-23(28-14-16-31-17-15-28)26-27-24(29)32-19(2)22(30)25-13-12-20-6-4-3-5-7-20/h6,8-11,19H,3-5,7,12-17H2,1-2H3,(H,25,30). The molecule has 1 N–H and O–H groups in total. The van der Waals surface area contributed by atoms with Gasteiger partial charge in [-0.25, -0.2) is 0 Å². The number of nitrogens with one attached hydrogen (secondary N) is 1. The molecule has 2 aromatic rings. The number of benzene rings is 1. The van der Waals surface area contributed by atoms with Crippen LogP contribution in [0.1, 0.15) is 44.6 Å². The summed E-state index contributed by atoms with van der Waals surface area (Å²) in [4.78, 5) is 15.0. The number of aryl methyl sites for hydroxylation is 1. The van der Waals surface area contributed by atoms with E-state index in [4.69, 9.17) is 4.74 Å². The highest BCUT2D eigenvalue weighted by Gasteiger charge is 2.24. The summed E-state index contributed by atoms with van der Waals surface area (Å²) in [5.74, 6) is 0.842. The van der Waals surface area contributed by atoms with E-state index < -0.39 is 0 Å². The summed E-state index contributed by atoms with van der Waals surface area (Å²) in [6, 6.07) is 8.33. The number of anilines is 1. The number of rotatable bonds is 8. The van der Waals surface area contributed by atoms with Gasteiger partial charge < -0.3 is 15.0 Å². The molecule has 7 nitrogen and oxygen atoms in total. The van der Waals surface area contributed by atoms with Crippen molar-refractivity contribution in [1.82, 2.24) is 20.1 Å². The van der Waals surface area contributed by atoms with E-state index >= 15 is 0 Å². The molecule has 4 rings (SSSR count). The van der Waals surface area contributed by atoms with Crippen molar-refractivity contribution < 1.29 is 9.53 Å². The first kappa shape index (κ1) is 22.9. The first-order valence-electron chi connectivity index (χ1n) is 11.6. The lowest BCUT2D eigenvalue weighted by atomic mass is 9.97. The Balaban J connectivity index is 1.45. The second-order valence-electron chi connectivity index (χ2n) is 8.46. The topological polar surface area (TPSA) is 72.3 Å². The van der Waals surface area contributed by atoms with Crippen LogP contribution in [0.4, 0.5) is 5.95 Å². The zero-order valence-electron chi connectivity index (χ0n) is 19.0. The number of thioether (sulfide) groups is 1. The number of hydrogen-bond acceptors (Lipinski definition) is 6. The van der Waals surface area contributed by atoms with Gasteiger partial charge in [0.1, 0.15) is 0 Å². The van der Waals surface area contributed by atoms with Crippen molar-refractivity contribution in [2.24, 2.45) is 0 Å². The molecule has 32 heavy (non-hydrogen) atoms. The molecule has 0 saturated carbocycles. The van der Waals surface area contributed by atoms with Crippen molar-refractivity contribution in [2.45, 2.75) is 56.4 Å². The molecular weight excluding hydrogens is 422 g/mol. The van der Waals surface area contributed by atoms with Crippen molar-refractivity contribution in [2.75, 3.05) is 37.7 Å². The van der Waals surface area contributed by atoms with E-state index in [0.29, 0.717) is 19.8 Å². The molecule has 2 aliphatic rings. The predicted octanol–water partition coefficient (Wildman–Crippen LogP) is 3.90. The average molecular weight is 456 g/mol. The number of nitrogens with zero attached hydrogens (tertiary/aromatic N) is 4. The van der Waals surface area contributed by atoms with Gasteiger partial charge in [0, 0.05) is 19.6 Å². The Hall–Kier alpha value is -2.32. The Morgan fingerprint density at radius 3 is 2.69 bits per heavy atom. The van der Waals surface area contributed by atoms with Crippen LogP contribution in [0.3, 0.4) is 0 Å². The van der Waals surface area contributed by atoms with E-state index in [-0.39, 0.29) is 11.2 Å². The maximum atomic E-state index is 12.8. The lowest BCUT2D eigenvalue weighted by Gasteiger charge is -2.28. The lowest BCUT2D eigenvalue weighted by molar-refractivity contribution is -0.120. The number of aromatic nitrogens is 3. The van der Waals surface area contributed by atoms with Gasteiger partial charge in [-0.3, -0.25) is 9.36 Å². The van der Waals surface area contributed by atoms with Crippen molar-refractivity contribution in [3.05, 3.63) is 41.5 Å². The third-order valence-electron chi connectivity index (χ3n) is 5.98. The number of carbonyl (C=O) groups excluding carboxylic acids is 1. The number of carbonyl (C=O) groups is 1. The molecule has 1 aliphatic carbocycles. The summed E-state index contributed by atoms with van der Waals surface area (Å²) in [7, 11) is 0. The number of ether oxygens (including phenoxy) is 1. The maximum absolute atomic E-state index is 12.8. The molecule has 1 unspecified atom stereocenters. The Bertz CT molecular complexity index is 934. The largest absolute Gasteiger partial charge is 0.378 e. The molecule has 8 heteroatoms. The summed E-state index contributed by atoms with van der Waals surface area (Å²) in [6.45, 7) is 7.62. The van der Waals surface area contributed by atoms with Crippen LogP contribution in [0.5, 0.6) is 0 Å². The molecular formula is C24H33N5O2S. The van der Waals surface area contributed by atoms with Gasteiger partial charge in [0.2, 0.25) is 11.9 Å². The number of morpholine rings is 1. The molecule has 172 valence electrons. The normalized spacial score (nSPS) is 17.7. The van der Waals surface area contributed by atoms with E-state index in [1.807, 2.05) is 6.92 Å². The van der Waals surface area contributed by atoms with Crippen LogP contribution < -0.4 is 10.2 Å². The van der Waals surface area contributed by atoms with Crippen LogP contribution >= 0.6 is 11.8 Å². The monoisotopic (exact) mass is 455 g/mol. The predicted molar refractivity (Wildman–Crippen MR) is 129 cm³/mol. The van der Waals surface area contributed by atoms with Crippen LogP contribution in [-0.2, 0) is 9.53 Å². The van der Waals surface area contributed by atoms with E-state index in [2.05, 4.69) is 62.2 Å². The van der Waals surface area contributed by atoms with Gasteiger partial charge in [-0.2, -0.15) is 0 Å². The van der Waals surface area contributed by atoms with Crippen LogP contribution in [0.15, 0.2) is 41.1 Å². The molecule has 0 bridgehead atoms. The fraction of sp³-hybridized carbons (Fsp3) is 0.542. The van der Waals surface area contributed by atoms with Gasteiger partial charge in [-0.05, 0) is 58.1 Å². The van der Waals surface area contributed by atoms with Gasteiger partial charge in [0.05, 0.1) is 24.2 Å². The van der Waals surface area contributed by atoms with E-state index in [1.165, 1.54) is 48.6 Å². The second-order valence-corrected chi connectivity index (χ2v) is 9.77. The van der Waals surface area contributed by atoms with E-state index in [1.54, 1.807) is 0 Å². The zero-order chi connectivity index (χ0) is 22.3. The third kappa shape index (κ3) is 5.72. The molecule has 1 saturated heterocycles. The molecule has 2 heterocycles. The van der Waals surface area contributed by atoms with Gasteiger partial charge in [0.15, 0.2) is 5.16 Å². The van der Waals surface area contributed by atoms with Gasteiger partial charge in [-0.1, -0.05) is 41.1 Å². The Labute approximate surface area is 194 Å². The number of allylic oxidation sites excluding steroid dienone is 1. The van der Waals surface area contributed by atoms with Crippen LogP contribution in [-0.4, -0.2) is 58.8 Å². The minimum absolute atomic E-state index is 0.0396. The Morgan fingerprint density at radius 1 is 1.19 bits per heavy atom. The van der Waals surface area contributed by atoms with Crippen molar-refractivity contribution >= 4 is 23.6 Å². The second kappa shape index (κ2) is 11.0. The first-order chi connectivity index (χ1) is 15.6. The summed E-state index contributed by atoms with van der Waals surface area (Å²) < 4.78 is 7.57. The van der Waals surface area contributed by atoms with E-state index in [0.717, 1.165) is 36.3 Å². The smallest absolute Gasteiger partial charge is 0.233 e. The van der Waals surface area contributed by atoms with Gasteiger partial charge in [0.25, 0.3) is 0 Å². The Kier molecular flexibility index (Phi) is 7.86. The minimum atomic E-state index is -0.263. The summed E-state index contributed by atoms with van der Waals surface area (Å²) in [5.41, 5.74) is 3.68. The fourth-order valence-corrected chi connectivity index (χ4v) is 4.95.